The van der Waals surface area contributed by atoms with Gasteiger partial charge in [-0.15, -0.1) is 0 Å². The van der Waals surface area contributed by atoms with Crippen LogP contribution in [0, 0.1) is 11.8 Å². The Morgan fingerprint density at radius 3 is 0.776 bits per heavy atom. The van der Waals surface area contributed by atoms with E-state index in [9.17, 15) is 43.2 Å². The van der Waals surface area contributed by atoms with Crippen LogP contribution in [0.3, 0.4) is 0 Å². The minimum absolute atomic E-state index is 0.104. The highest BCUT2D eigenvalue weighted by atomic mass is 31.2. The molecule has 582 valence electrons. The fourth-order valence-electron chi connectivity index (χ4n) is 12.2. The first-order valence-electron chi connectivity index (χ1n) is 41.0. The first-order valence-corrected chi connectivity index (χ1v) is 44.0. The average Bonchev–Trinajstić information content (AvgIpc) is 1.11. The Hall–Kier alpha value is -1.94. The molecule has 0 aliphatic rings. The molecule has 0 amide bonds. The maximum absolute atomic E-state index is 13.1. The number of aliphatic hydroxyl groups excluding tert-OH is 1. The zero-order chi connectivity index (χ0) is 72.1. The highest BCUT2D eigenvalue weighted by molar-refractivity contribution is 7.47. The van der Waals surface area contributed by atoms with Crippen molar-refractivity contribution in [1.82, 2.24) is 0 Å². The van der Waals surface area contributed by atoms with Crippen molar-refractivity contribution in [3.05, 3.63) is 0 Å². The number of carbonyl (C=O) groups is 4. The van der Waals surface area contributed by atoms with E-state index in [0.29, 0.717) is 31.6 Å². The van der Waals surface area contributed by atoms with Gasteiger partial charge in [0.2, 0.25) is 0 Å². The fourth-order valence-corrected chi connectivity index (χ4v) is 13.7. The maximum Gasteiger partial charge on any atom is 0.472 e. The van der Waals surface area contributed by atoms with Crippen molar-refractivity contribution < 1.29 is 80.2 Å². The van der Waals surface area contributed by atoms with Crippen molar-refractivity contribution in [2.75, 3.05) is 39.6 Å². The van der Waals surface area contributed by atoms with Gasteiger partial charge in [0, 0.05) is 25.7 Å². The summed E-state index contributed by atoms with van der Waals surface area (Å²) >= 11 is 0. The summed E-state index contributed by atoms with van der Waals surface area (Å²) in [6.45, 7) is 9.59. The van der Waals surface area contributed by atoms with E-state index in [1.165, 1.54) is 231 Å². The van der Waals surface area contributed by atoms with Gasteiger partial charge in [-0.2, -0.15) is 0 Å². The molecule has 0 fully saturated rings. The third kappa shape index (κ3) is 71.1. The molecule has 0 saturated carbocycles. The first kappa shape index (κ1) is 96.1. The first-order chi connectivity index (χ1) is 47.4. The quantitative estimate of drug-likeness (QED) is 0.0222. The number of phosphoric acid groups is 2. The molecular weight excluding hydrogens is 1280 g/mol. The highest BCUT2D eigenvalue weighted by Crippen LogP contribution is 2.45. The summed E-state index contributed by atoms with van der Waals surface area (Å²) in [5, 5.41) is 10.6. The molecule has 0 heterocycles. The monoisotopic (exact) mass is 1440 g/mol. The van der Waals surface area contributed by atoms with Gasteiger partial charge in [0.25, 0.3) is 0 Å². The van der Waals surface area contributed by atoms with E-state index in [1.54, 1.807) is 0 Å². The van der Waals surface area contributed by atoms with Crippen LogP contribution in [0.2, 0.25) is 0 Å². The van der Waals surface area contributed by atoms with Gasteiger partial charge >= 0.3 is 39.5 Å². The van der Waals surface area contributed by atoms with Gasteiger partial charge in [-0.3, -0.25) is 37.3 Å². The van der Waals surface area contributed by atoms with Crippen LogP contribution in [0.1, 0.15) is 414 Å². The van der Waals surface area contributed by atoms with Gasteiger partial charge in [-0.05, 0) is 37.5 Å². The molecule has 19 heteroatoms. The van der Waals surface area contributed by atoms with Gasteiger partial charge in [-0.25, -0.2) is 9.13 Å². The lowest BCUT2D eigenvalue weighted by Crippen LogP contribution is -2.30. The predicted octanol–water partition coefficient (Wildman–Crippen LogP) is 23.5. The largest absolute Gasteiger partial charge is 0.472 e. The van der Waals surface area contributed by atoms with E-state index in [1.807, 2.05) is 0 Å². The third-order valence-electron chi connectivity index (χ3n) is 18.8. The van der Waals surface area contributed by atoms with Crippen molar-refractivity contribution in [2.24, 2.45) is 11.8 Å². The molecule has 6 atom stereocenters. The van der Waals surface area contributed by atoms with E-state index in [0.717, 1.165) is 95.8 Å². The second-order valence-electron chi connectivity index (χ2n) is 29.2. The summed E-state index contributed by atoms with van der Waals surface area (Å²) < 4.78 is 68.5. The normalized spacial score (nSPS) is 14.2. The van der Waals surface area contributed by atoms with E-state index in [4.69, 9.17) is 37.0 Å². The van der Waals surface area contributed by atoms with Crippen LogP contribution >= 0.6 is 15.6 Å². The summed E-state index contributed by atoms with van der Waals surface area (Å²) in [5.41, 5.74) is 0. The number of aliphatic hydroxyl groups is 1. The number of rotatable bonds is 78. The van der Waals surface area contributed by atoms with Gasteiger partial charge in [-0.1, -0.05) is 363 Å². The molecule has 0 saturated heterocycles. The molecule has 3 unspecified atom stereocenters. The molecule has 17 nitrogen and oxygen atoms in total. The van der Waals surface area contributed by atoms with Crippen molar-refractivity contribution in [1.29, 1.82) is 0 Å². The van der Waals surface area contributed by atoms with E-state index in [-0.39, 0.29) is 25.7 Å². The topological polar surface area (TPSA) is 237 Å². The van der Waals surface area contributed by atoms with Gasteiger partial charge in [0.1, 0.15) is 19.3 Å². The molecule has 3 N–H and O–H groups in total. The molecule has 0 aliphatic carbocycles. The van der Waals surface area contributed by atoms with Crippen LogP contribution in [0.25, 0.3) is 0 Å². The van der Waals surface area contributed by atoms with Crippen molar-refractivity contribution >= 4 is 39.5 Å². The number of ether oxygens (including phenoxy) is 4. The number of esters is 4. The van der Waals surface area contributed by atoms with Crippen LogP contribution in [-0.2, 0) is 65.4 Å². The number of hydrogen-bond acceptors (Lipinski definition) is 15. The summed E-state index contributed by atoms with van der Waals surface area (Å²) in [7, 11) is -9.91. The fraction of sp³-hybridized carbons (Fsp3) is 0.949. The SMILES string of the molecule is CCCCCCCCCCCCCCCCCCCCCCCC(=O)O[C@H](COC(=O)CCCCCCCCCCCCCCCCC(C)CC)COP(=O)(O)OC[C@@H](O)COP(=O)(O)OC[C@@H](COC(=O)CCCCCCCCCCC)OC(=O)CCCCCCCCCC(C)C. The molecule has 0 aromatic rings. The molecule has 0 aliphatic heterocycles. The standard InChI is InChI=1S/C79H154O17P2/c1-7-10-12-14-16-18-19-20-21-22-23-24-25-26-27-32-35-39-45-51-57-63-78(83)95-74(67-90-77(82)62-56-50-44-38-34-31-29-28-30-33-37-42-48-54-60-72(6)9-3)69-93-97(85,86)91-65-73(80)66-92-98(87,88)94-70-75(68-89-76(81)61-55-49-43-36-17-15-13-11-8-2)96-79(84)64-58-52-46-40-41-47-53-59-71(4)5/h71-75,80H,7-70H2,1-6H3,(H,85,86)(H,87,88)/t72?,73-,74-,75-/m1/s1. The summed E-state index contributed by atoms with van der Waals surface area (Å²) in [5.74, 6) is -0.571. The molecule has 98 heavy (non-hydrogen) atoms. The molecule has 0 bridgehead atoms. The smallest absolute Gasteiger partial charge is 0.462 e. The van der Waals surface area contributed by atoms with Crippen LogP contribution in [-0.4, -0.2) is 96.7 Å². The zero-order valence-corrected chi connectivity index (χ0v) is 65.9. The number of carbonyl (C=O) groups excluding carboxylic acids is 4. The molecule has 0 rings (SSSR count). The maximum atomic E-state index is 13.1. The van der Waals surface area contributed by atoms with E-state index < -0.39 is 97.5 Å². The number of hydrogen-bond donors (Lipinski definition) is 3. The van der Waals surface area contributed by atoms with E-state index >= 15 is 0 Å². The summed E-state index contributed by atoms with van der Waals surface area (Å²) in [6.07, 6.45) is 59.9. The minimum Gasteiger partial charge on any atom is -0.462 e. The van der Waals surface area contributed by atoms with Crippen molar-refractivity contribution in [3.63, 3.8) is 0 Å². The molecule has 0 aromatic heterocycles. The predicted molar refractivity (Wildman–Crippen MR) is 400 cm³/mol. The minimum atomic E-state index is -4.96. The van der Waals surface area contributed by atoms with Gasteiger partial charge in [0.05, 0.1) is 26.4 Å². The molecular formula is C79H154O17P2. The van der Waals surface area contributed by atoms with Crippen LogP contribution in [0.4, 0.5) is 0 Å². The van der Waals surface area contributed by atoms with Crippen molar-refractivity contribution in [2.45, 2.75) is 432 Å². The Bertz CT molecular complexity index is 1890. The number of unbranched alkanes of at least 4 members (excludes halogenated alkanes) is 47. The average molecular weight is 1440 g/mol. The lowest BCUT2D eigenvalue weighted by atomic mass is 9.99. The molecule has 0 spiro atoms. The van der Waals surface area contributed by atoms with Gasteiger partial charge < -0.3 is 33.8 Å². The Kier molecular flexibility index (Phi) is 69.3. The van der Waals surface area contributed by atoms with E-state index in [2.05, 4.69) is 41.5 Å². The second kappa shape index (κ2) is 70.7. The van der Waals surface area contributed by atoms with Crippen molar-refractivity contribution in [3.8, 4) is 0 Å². The Balaban J connectivity index is 5.18. The molecule has 0 aromatic carbocycles. The van der Waals surface area contributed by atoms with Crippen LogP contribution in [0.5, 0.6) is 0 Å². The Morgan fingerprint density at radius 1 is 0.296 bits per heavy atom. The van der Waals surface area contributed by atoms with Crippen LogP contribution < -0.4 is 0 Å². The van der Waals surface area contributed by atoms with Gasteiger partial charge in [0.15, 0.2) is 12.2 Å². The summed E-state index contributed by atoms with van der Waals surface area (Å²) in [4.78, 5) is 72.8. The Morgan fingerprint density at radius 2 is 0.520 bits per heavy atom. The Labute approximate surface area is 600 Å². The lowest BCUT2D eigenvalue weighted by Gasteiger charge is -2.21. The zero-order valence-electron chi connectivity index (χ0n) is 64.1. The number of phosphoric ester groups is 2. The highest BCUT2D eigenvalue weighted by Gasteiger charge is 2.30. The van der Waals surface area contributed by atoms with Crippen LogP contribution in [0.15, 0.2) is 0 Å². The second-order valence-corrected chi connectivity index (χ2v) is 32.1. The summed E-state index contributed by atoms with van der Waals surface area (Å²) in [6, 6.07) is 0. The third-order valence-corrected chi connectivity index (χ3v) is 20.7. The lowest BCUT2D eigenvalue weighted by molar-refractivity contribution is -0.161. The molecule has 0 radical (unpaired) electrons.